The third-order valence-corrected chi connectivity index (χ3v) is 2.81. The summed E-state index contributed by atoms with van der Waals surface area (Å²) >= 11 is 0. The first kappa shape index (κ1) is 16.9. The molecular weight excluding hydrogens is 234 g/mol. The summed E-state index contributed by atoms with van der Waals surface area (Å²) in [7, 11) is 0. The fourth-order valence-corrected chi connectivity index (χ4v) is 1.59. The van der Waals surface area contributed by atoms with E-state index in [4.69, 9.17) is 9.47 Å². The minimum absolute atomic E-state index is 0.280. The molecule has 0 aromatic rings. The van der Waals surface area contributed by atoms with Gasteiger partial charge in [0, 0.05) is 6.54 Å². The number of rotatable bonds is 9. The SMILES string of the molecule is CCOC(=O)C(CC)C(=O)OCCN(CC)CC. The second-order valence-corrected chi connectivity index (χ2v) is 3.91. The van der Waals surface area contributed by atoms with E-state index in [2.05, 4.69) is 18.7 Å². The number of esters is 2. The third-order valence-electron chi connectivity index (χ3n) is 2.81. The van der Waals surface area contributed by atoms with Crippen molar-refractivity contribution in [2.24, 2.45) is 5.92 Å². The standard InChI is InChI=1S/C13H25NO4/c1-5-11(12(15)17-8-4)13(16)18-10-9-14(6-2)7-3/h11H,5-10H2,1-4H3. The monoisotopic (exact) mass is 259 g/mol. The highest BCUT2D eigenvalue weighted by Gasteiger charge is 2.27. The van der Waals surface area contributed by atoms with Gasteiger partial charge in [0.2, 0.25) is 0 Å². The van der Waals surface area contributed by atoms with E-state index in [1.165, 1.54) is 0 Å². The van der Waals surface area contributed by atoms with Crippen LogP contribution < -0.4 is 0 Å². The summed E-state index contributed by atoms with van der Waals surface area (Å²) < 4.78 is 9.95. The van der Waals surface area contributed by atoms with Crippen molar-refractivity contribution in [1.29, 1.82) is 0 Å². The van der Waals surface area contributed by atoms with Gasteiger partial charge in [0.15, 0.2) is 5.92 Å². The molecule has 0 rings (SSSR count). The van der Waals surface area contributed by atoms with Crippen LogP contribution in [0.5, 0.6) is 0 Å². The van der Waals surface area contributed by atoms with Crippen molar-refractivity contribution in [3.63, 3.8) is 0 Å². The lowest BCUT2D eigenvalue weighted by Crippen LogP contribution is -2.31. The van der Waals surface area contributed by atoms with Crippen molar-refractivity contribution >= 4 is 11.9 Å². The van der Waals surface area contributed by atoms with Crippen molar-refractivity contribution < 1.29 is 19.1 Å². The number of carbonyl (C=O) groups excluding carboxylic acids is 2. The van der Waals surface area contributed by atoms with E-state index >= 15 is 0 Å². The maximum Gasteiger partial charge on any atom is 0.320 e. The first-order valence-electron chi connectivity index (χ1n) is 6.66. The van der Waals surface area contributed by atoms with Gasteiger partial charge in [0.05, 0.1) is 6.61 Å². The van der Waals surface area contributed by atoms with E-state index in [9.17, 15) is 9.59 Å². The van der Waals surface area contributed by atoms with Crippen molar-refractivity contribution in [1.82, 2.24) is 4.90 Å². The number of likely N-dealkylation sites (N-methyl/N-ethyl adjacent to an activating group) is 1. The van der Waals surface area contributed by atoms with Crippen molar-refractivity contribution in [2.45, 2.75) is 34.1 Å². The topological polar surface area (TPSA) is 55.8 Å². The molecule has 0 saturated carbocycles. The zero-order chi connectivity index (χ0) is 14.0. The average molecular weight is 259 g/mol. The molecule has 0 saturated heterocycles. The molecule has 0 radical (unpaired) electrons. The number of hydrogen-bond donors (Lipinski definition) is 0. The number of carbonyl (C=O) groups is 2. The summed E-state index contributed by atoms with van der Waals surface area (Å²) in [6, 6.07) is 0. The molecular formula is C13H25NO4. The van der Waals surface area contributed by atoms with Crippen LogP contribution in [0.25, 0.3) is 0 Å². The molecule has 1 unspecified atom stereocenters. The smallest absolute Gasteiger partial charge is 0.320 e. The largest absolute Gasteiger partial charge is 0.465 e. The van der Waals surface area contributed by atoms with Gasteiger partial charge in [0.25, 0.3) is 0 Å². The Bertz CT molecular complexity index is 251. The summed E-state index contributed by atoms with van der Waals surface area (Å²) in [5.74, 6) is -1.77. The second-order valence-electron chi connectivity index (χ2n) is 3.91. The maximum atomic E-state index is 11.7. The highest BCUT2D eigenvalue weighted by molar-refractivity contribution is 5.94. The fraction of sp³-hybridized carbons (Fsp3) is 0.846. The first-order chi connectivity index (χ1) is 8.60. The summed E-state index contributed by atoms with van der Waals surface area (Å²) in [6.45, 7) is 10.7. The summed E-state index contributed by atoms with van der Waals surface area (Å²) in [5.41, 5.74) is 0. The van der Waals surface area contributed by atoms with Gasteiger partial charge in [-0.15, -0.1) is 0 Å². The fourth-order valence-electron chi connectivity index (χ4n) is 1.59. The Morgan fingerprint density at radius 2 is 1.56 bits per heavy atom. The summed E-state index contributed by atoms with van der Waals surface area (Å²) in [6.07, 6.45) is 0.406. The molecule has 0 aliphatic heterocycles. The second kappa shape index (κ2) is 9.88. The molecule has 0 heterocycles. The molecule has 0 bridgehead atoms. The van der Waals surface area contributed by atoms with Gasteiger partial charge in [-0.25, -0.2) is 0 Å². The predicted octanol–water partition coefficient (Wildman–Crippen LogP) is 1.46. The summed E-state index contributed by atoms with van der Waals surface area (Å²) in [4.78, 5) is 25.4. The zero-order valence-electron chi connectivity index (χ0n) is 11.9. The van der Waals surface area contributed by atoms with Crippen LogP contribution in [-0.2, 0) is 19.1 Å². The van der Waals surface area contributed by atoms with Crippen LogP contribution in [0.4, 0.5) is 0 Å². The molecule has 5 nitrogen and oxygen atoms in total. The molecule has 0 spiro atoms. The molecule has 1 atom stereocenters. The molecule has 0 amide bonds. The normalized spacial score (nSPS) is 12.3. The predicted molar refractivity (Wildman–Crippen MR) is 69.2 cm³/mol. The van der Waals surface area contributed by atoms with Gasteiger partial charge in [0.1, 0.15) is 6.61 Å². The van der Waals surface area contributed by atoms with Gasteiger partial charge in [-0.2, -0.15) is 0 Å². The quantitative estimate of drug-likeness (QED) is 0.463. The average Bonchev–Trinajstić information content (AvgIpc) is 2.36. The van der Waals surface area contributed by atoms with Crippen LogP contribution >= 0.6 is 0 Å². The Morgan fingerprint density at radius 1 is 1.00 bits per heavy atom. The van der Waals surface area contributed by atoms with Crippen molar-refractivity contribution in [2.75, 3.05) is 32.8 Å². The van der Waals surface area contributed by atoms with E-state index in [0.717, 1.165) is 13.1 Å². The molecule has 18 heavy (non-hydrogen) atoms. The number of ether oxygens (including phenoxy) is 2. The van der Waals surface area contributed by atoms with Gasteiger partial charge in [-0.3, -0.25) is 9.59 Å². The molecule has 0 aromatic carbocycles. The van der Waals surface area contributed by atoms with E-state index in [1.807, 2.05) is 0 Å². The van der Waals surface area contributed by atoms with Gasteiger partial charge in [-0.1, -0.05) is 20.8 Å². The van der Waals surface area contributed by atoms with Gasteiger partial charge in [-0.05, 0) is 26.4 Å². The molecule has 5 heteroatoms. The molecule has 0 N–H and O–H groups in total. The Labute approximate surface area is 109 Å². The highest BCUT2D eigenvalue weighted by atomic mass is 16.6. The minimum Gasteiger partial charge on any atom is -0.465 e. The van der Waals surface area contributed by atoms with E-state index in [1.54, 1.807) is 13.8 Å². The number of hydrogen-bond acceptors (Lipinski definition) is 5. The van der Waals surface area contributed by atoms with Crippen molar-refractivity contribution in [3.8, 4) is 0 Å². The zero-order valence-corrected chi connectivity index (χ0v) is 11.9. The van der Waals surface area contributed by atoms with Crippen LogP contribution in [0.15, 0.2) is 0 Å². The van der Waals surface area contributed by atoms with E-state index in [-0.39, 0.29) is 6.61 Å². The lowest BCUT2D eigenvalue weighted by atomic mass is 10.1. The lowest BCUT2D eigenvalue weighted by molar-refractivity contribution is -0.162. The Balaban J connectivity index is 4.08. The Morgan fingerprint density at radius 3 is 2.00 bits per heavy atom. The number of nitrogens with zero attached hydrogens (tertiary/aromatic N) is 1. The molecule has 0 fully saturated rings. The van der Waals surface area contributed by atoms with Gasteiger partial charge >= 0.3 is 11.9 Å². The Hall–Kier alpha value is -1.10. The molecule has 0 aromatic heterocycles. The molecule has 106 valence electrons. The van der Waals surface area contributed by atoms with E-state index in [0.29, 0.717) is 19.6 Å². The molecule has 0 aliphatic carbocycles. The van der Waals surface area contributed by atoms with Crippen LogP contribution in [-0.4, -0.2) is 49.7 Å². The summed E-state index contributed by atoms with van der Waals surface area (Å²) in [5, 5.41) is 0. The first-order valence-corrected chi connectivity index (χ1v) is 6.66. The van der Waals surface area contributed by atoms with Crippen molar-refractivity contribution in [3.05, 3.63) is 0 Å². The Kier molecular flexibility index (Phi) is 9.28. The van der Waals surface area contributed by atoms with Crippen LogP contribution in [0, 0.1) is 5.92 Å². The van der Waals surface area contributed by atoms with E-state index < -0.39 is 17.9 Å². The highest BCUT2D eigenvalue weighted by Crippen LogP contribution is 2.08. The minimum atomic E-state index is -0.790. The van der Waals surface area contributed by atoms with Crippen LogP contribution in [0.1, 0.15) is 34.1 Å². The molecule has 0 aliphatic rings. The van der Waals surface area contributed by atoms with Gasteiger partial charge < -0.3 is 14.4 Å². The lowest BCUT2D eigenvalue weighted by Gasteiger charge is -2.18. The maximum absolute atomic E-state index is 11.7. The van der Waals surface area contributed by atoms with Crippen LogP contribution in [0.2, 0.25) is 0 Å². The third kappa shape index (κ3) is 6.00. The van der Waals surface area contributed by atoms with Crippen LogP contribution in [0.3, 0.4) is 0 Å².